The Morgan fingerprint density at radius 1 is 0.293 bits per heavy atom. The Labute approximate surface area is 466 Å². The van der Waals surface area contributed by atoms with Crippen LogP contribution >= 0.6 is 0 Å². The van der Waals surface area contributed by atoms with Crippen LogP contribution in [0.5, 0.6) is 23.0 Å². The second-order valence-corrected chi connectivity index (χ2v) is 21.2. The second kappa shape index (κ2) is 19.5. The van der Waals surface area contributed by atoms with Crippen LogP contribution in [0.2, 0.25) is 0 Å². The lowest BCUT2D eigenvalue weighted by atomic mass is 9.53. The van der Waals surface area contributed by atoms with Crippen molar-refractivity contribution in [3.05, 3.63) is 239 Å². The summed E-state index contributed by atoms with van der Waals surface area (Å²) in [6, 6.07) is 41.8. The summed E-state index contributed by atoms with van der Waals surface area (Å²) in [4.78, 5) is 0. The van der Waals surface area contributed by atoms with Gasteiger partial charge in [-0.2, -0.15) is 0 Å². The quantitative estimate of drug-likeness (QED) is 0.131. The minimum atomic E-state index is -3.03. The summed E-state index contributed by atoms with van der Waals surface area (Å²) in [5.41, 5.74) is 5.77. The highest BCUT2D eigenvalue weighted by molar-refractivity contribution is 6.89. The summed E-state index contributed by atoms with van der Waals surface area (Å²) >= 11 is 0. The largest absolute Gasteiger partial charge is 0.632 e. The predicted molar refractivity (Wildman–Crippen MR) is 297 cm³/mol. The minimum Gasteiger partial charge on any atom is -0.632 e. The van der Waals surface area contributed by atoms with E-state index in [-0.39, 0.29) is 48.0 Å². The Bertz CT molecular complexity index is 3660. The third-order valence-corrected chi connectivity index (χ3v) is 16.9. The Kier molecular flexibility index (Phi) is 12.5. The third kappa shape index (κ3) is 8.03. The molecule has 0 radical (unpaired) electrons. The second-order valence-electron chi connectivity index (χ2n) is 21.2. The van der Waals surface area contributed by atoms with E-state index in [9.17, 15) is 17.6 Å². The van der Waals surface area contributed by atoms with Gasteiger partial charge < -0.3 is 45.7 Å². The maximum absolute atomic E-state index is 15.8. The van der Waals surface area contributed by atoms with Crippen molar-refractivity contribution >= 4 is 71.4 Å². The van der Waals surface area contributed by atoms with Crippen LogP contribution in [0, 0.1) is 46.5 Å². The van der Waals surface area contributed by atoms with Gasteiger partial charge in [0.1, 0.15) is 69.4 Å². The van der Waals surface area contributed by atoms with Gasteiger partial charge in [-0.05, 0) is 94.6 Å². The molecule has 0 bridgehead atoms. The average Bonchev–Trinajstić information content (AvgIpc) is 1.86. The Morgan fingerprint density at radius 3 is 0.707 bits per heavy atom. The molecule has 4 atom stereocenters. The zero-order chi connectivity index (χ0) is 57.0. The highest BCUT2D eigenvalue weighted by Gasteiger charge is 2.66. The first kappa shape index (κ1) is 52.6. The molecule has 8 aromatic carbocycles. The summed E-state index contributed by atoms with van der Waals surface area (Å²) in [7, 11) is 0. The van der Waals surface area contributed by atoms with Crippen LogP contribution in [-0.4, -0.2) is 93.7 Å². The fraction of sp³-hybridized carbons (Fsp3) is 0.133. The summed E-state index contributed by atoms with van der Waals surface area (Å²) in [6.07, 6.45) is 0. The SMILES string of the molecule is CC1=[N+]2CC[N+]3=C(C)c4ccccc4O[B@@-]3(c3ccc(F)cc3F)O[B@-]2(c2ccc(F)cc2F)Oc2ccccc21.CC1=[N+]2CC[N+]3=C(C)c4ccccc4O[B@@-]3(c3ccc(F)cc3F)O[B@-]2(c2ccc(F)cc2F)Oc2ccccc21. The molecule has 14 rings (SSSR count). The standard InChI is InChI=1S/2C30H24B2F4N2O3/c2*1-19-23-7-3-5-9-29(23)39-31(25-13-11-21(33)17-27(25)35)37(19)15-16-38-20(2)24-8-4-6-10-30(24)40-32(38,41-31)26-14-12-22(34)18-28(26)36/h2*3-14,17-18H,15-16H2,1-2H3/t2*31-,32-/m00/s1. The van der Waals surface area contributed by atoms with Gasteiger partial charge in [0.25, 0.3) is 0 Å². The molecule has 6 heterocycles. The van der Waals surface area contributed by atoms with E-state index in [4.69, 9.17) is 27.8 Å². The predicted octanol–water partition coefficient (Wildman–Crippen LogP) is 8.19. The molecule has 2 fully saturated rings. The first-order valence-electron chi connectivity index (χ1n) is 26.8. The lowest BCUT2D eigenvalue weighted by molar-refractivity contribution is -0.481. The van der Waals surface area contributed by atoms with Crippen LogP contribution in [0.3, 0.4) is 0 Å². The number of fused-ring (bicyclic) bond motifs is 8. The third-order valence-electron chi connectivity index (χ3n) is 16.9. The molecular formula is C60H48B4F8N4O6. The average molecular weight is 1120 g/mol. The van der Waals surface area contributed by atoms with Crippen LogP contribution in [0.1, 0.15) is 49.9 Å². The molecule has 6 aliphatic heterocycles. The molecule has 0 saturated carbocycles. The number of benzene rings is 8. The van der Waals surface area contributed by atoms with Crippen LogP contribution in [0.15, 0.2) is 170 Å². The molecule has 0 aliphatic carbocycles. The number of hydrogen-bond acceptors (Lipinski definition) is 6. The van der Waals surface area contributed by atoms with Crippen LogP contribution < -0.4 is 40.5 Å². The Hall–Kier alpha value is -8.74. The first-order chi connectivity index (χ1) is 39.5. The number of nitrogens with zero attached hydrogens (tertiary/aromatic N) is 4. The Balaban J connectivity index is 0.000000154. The van der Waals surface area contributed by atoms with Crippen molar-refractivity contribution < 1.29 is 80.8 Å². The van der Waals surface area contributed by atoms with Crippen molar-refractivity contribution in [1.82, 2.24) is 0 Å². The topological polar surface area (TPSA) is 67.4 Å². The van der Waals surface area contributed by atoms with Gasteiger partial charge in [-0.15, -0.1) is 0 Å². The summed E-state index contributed by atoms with van der Waals surface area (Å²) in [5, 5.41) is 0. The van der Waals surface area contributed by atoms with Crippen molar-refractivity contribution in [2.24, 2.45) is 0 Å². The lowest BCUT2D eigenvalue weighted by Crippen LogP contribution is -2.77. The summed E-state index contributed by atoms with van der Waals surface area (Å²) in [6.45, 7) is -3.60. The van der Waals surface area contributed by atoms with Gasteiger partial charge in [0.15, 0.2) is 26.2 Å². The van der Waals surface area contributed by atoms with E-state index in [1.165, 1.54) is 24.3 Å². The van der Waals surface area contributed by atoms with Gasteiger partial charge >= 0.3 is 26.7 Å². The van der Waals surface area contributed by atoms with Crippen LogP contribution in [-0.2, 0) is 9.14 Å². The van der Waals surface area contributed by atoms with E-state index >= 15 is 17.6 Å². The molecule has 2 saturated heterocycles. The van der Waals surface area contributed by atoms with Crippen LogP contribution in [0.25, 0.3) is 0 Å². The van der Waals surface area contributed by atoms with Crippen molar-refractivity contribution in [3.8, 4) is 23.0 Å². The van der Waals surface area contributed by atoms with Gasteiger partial charge in [0, 0.05) is 52.0 Å². The molecule has 82 heavy (non-hydrogen) atoms. The van der Waals surface area contributed by atoms with Crippen molar-refractivity contribution in [1.29, 1.82) is 0 Å². The molecular weight excluding hydrogens is 1070 g/mol. The highest BCUT2D eigenvalue weighted by atomic mass is 19.2. The highest BCUT2D eigenvalue weighted by Crippen LogP contribution is 2.39. The lowest BCUT2D eigenvalue weighted by Gasteiger charge is -2.50. The minimum absolute atomic E-state index is 0.0639. The first-order valence-corrected chi connectivity index (χ1v) is 26.8. The smallest absolute Gasteiger partial charge is 0.593 e. The van der Waals surface area contributed by atoms with Crippen molar-refractivity contribution in [3.63, 3.8) is 0 Å². The molecule has 10 nitrogen and oxygen atoms in total. The van der Waals surface area contributed by atoms with Crippen molar-refractivity contribution in [2.45, 2.75) is 27.7 Å². The van der Waals surface area contributed by atoms with Crippen molar-refractivity contribution in [2.75, 3.05) is 26.2 Å². The van der Waals surface area contributed by atoms with E-state index in [1.807, 2.05) is 94.2 Å². The fourth-order valence-corrected chi connectivity index (χ4v) is 13.1. The van der Waals surface area contributed by atoms with E-state index in [2.05, 4.69) is 0 Å². The Morgan fingerprint density at radius 2 is 0.500 bits per heavy atom. The monoisotopic (exact) mass is 1120 g/mol. The number of hydrogen-bond donors (Lipinski definition) is 0. The van der Waals surface area contributed by atoms with Gasteiger partial charge in [-0.3, -0.25) is 0 Å². The van der Waals surface area contributed by atoms with E-state index in [0.29, 0.717) is 23.0 Å². The number of rotatable bonds is 4. The normalized spacial score (nSPS) is 23.0. The fourth-order valence-electron chi connectivity index (χ4n) is 13.1. The van der Waals surface area contributed by atoms with Gasteiger partial charge in [0.05, 0.1) is 45.3 Å². The van der Waals surface area contributed by atoms with E-state index < -0.39 is 73.3 Å². The van der Waals surface area contributed by atoms with E-state index in [0.717, 1.165) is 93.6 Å². The zero-order valence-corrected chi connectivity index (χ0v) is 44.6. The maximum atomic E-state index is 15.8. The molecule has 0 unspecified atom stereocenters. The van der Waals surface area contributed by atoms with E-state index in [1.54, 1.807) is 48.5 Å². The maximum Gasteiger partial charge on any atom is 0.593 e. The summed E-state index contributed by atoms with van der Waals surface area (Å²) < 4.78 is 168. The van der Waals surface area contributed by atoms with Crippen LogP contribution in [0.4, 0.5) is 35.1 Å². The number of para-hydroxylation sites is 4. The molecule has 8 aromatic rings. The molecule has 22 heteroatoms. The molecule has 0 amide bonds. The molecule has 0 N–H and O–H groups in total. The molecule has 0 aromatic heterocycles. The summed E-state index contributed by atoms with van der Waals surface area (Å²) in [5.74, 6) is -4.97. The molecule has 412 valence electrons. The zero-order valence-electron chi connectivity index (χ0n) is 44.6. The van der Waals surface area contributed by atoms with Gasteiger partial charge in [-0.25, -0.2) is 35.1 Å². The van der Waals surface area contributed by atoms with Gasteiger partial charge in [0.2, 0.25) is 0 Å². The molecule has 0 spiro atoms. The molecule has 6 aliphatic rings. The number of halogens is 8. The van der Waals surface area contributed by atoms with Gasteiger partial charge in [-0.1, -0.05) is 72.8 Å².